The summed E-state index contributed by atoms with van der Waals surface area (Å²) in [6.45, 7) is 3.64. The molecule has 0 spiro atoms. The molecule has 0 aliphatic heterocycles. The minimum Gasteiger partial charge on any atom is -0.490 e. The van der Waals surface area contributed by atoms with Crippen molar-refractivity contribution in [1.82, 2.24) is 5.32 Å². The SMILES string of the molecule is CCOc1cc(CNC2CC2)ccc1OCCC(=O)OC. The second-order valence-electron chi connectivity index (χ2n) is 5.04. The molecule has 0 saturated heterocycles. The minimum absolute atomic E-state index is 0.229. The molecular weight excluding hydrogens is 270 g/mol. The van der Waals surface area contributed by atoms with Crippen molar-refractivity contribution >= 4 is 5.97 Å². The Morgan fingerprint density at radius 1 is 1.29 bits per heavy atom. The van der Waals surface area contributed by atoms with Gasteiger partial charge in [-0.2, -0.15) is 0 Å². The maximum Gasteiger partial charge on any atom is 0.308 e. The van der Waals surface area contributed by atoms with Crippen LogP contribution in [0.25, 0.3) is 0 Å². The number of carbonyl (C=O) groups is 1. The molecule has 116 valence electrons. The van der Waals surface area contributed by atoms with Gasteiger partial charge in [-0.3, -0.25) is 4.79 Å². The van der Waals surface area contributed by atoms with E-state index >= 15 is 0 Å². The molecule has 1 aliphatic carbocycles. The quantitative estimate of drug-likeness (QED) is 0.708. The summed E-state index contributed by atoms with van der Waals surface area (Å²) >= 11 is 0. The fourth-order valence-electron chi connectivity index (χ4n) is 1.95. The Morgan fingerprint density at radius 2 is 2.10 bits per heavy atom. The molecule has 1 aromatic rings. The van der Waals surface area contributed by atoms with Crippen LogP contribution in [0.1, 0.15) is 31.7 Å². The third-order valence-electron chi connectivity index (χ3n) is 3.27. The van der Waals surface area contributed by atoms with Crippen LogP contribution in [0, 0.1) is 0 Å². The standard InChI is InChI=1S/C16H23NO4/c1-3-20-15-10-12(11-17-13-5-6-13)4-7-14(15)21-9-8-16(18)19-2/h4,7,10,13,17H,3,5-6,8-9,11H2,1-2H3. The Bertz CT molecular complexity index is 471. The van der Waals surface area contributed by atoms with Crippen LogP contribution >= 0.6 is 0 Å². The number of ether oxygens (including phenoxy) is 3. The van der Waals surface area contributed by atoms with Gasteiger partial charge in [0, 0.05) is 12.6 Å². The second-order valence-corrected chi connectivity index (χ2v) is 5.04. The summed E-state index contributed by atoms with van der Waals surface area (Å²) < 4.78 is 15.8. The van der Waals surface area contributed by atoms with E-state index in [4.69, 9.17) is 9.47 Å². The van der Waals surface area contributed by atoms with Gasteiger partial charge in [0.15, 0.2) is 11.5 Å². The van der Waals surface area contributed by atoms with Crippen molar-refractivity contribution in [3.8, 4) is 11.5 Å². The predicted molar refractivity (Wildman–Crippen MR) is 79.6 cm³/mol. The van der Waals surface area contributed by atoms with Crippen molar-refractivity contribution in [2.75, 3.05) is 20.3 Å². The van der Waals surface area contributed by atoms with Gasteiger partial charge in [0.1, 0.15) is 0 Å². The molecule has 1 saturated carbocycles. The van der Waals surface area contributed by atoms with Crippen molar-refractivity contribution in [2.45, 2.75) is 38.8 Å². The van der Waals surface area contributed by atoms with Gasteiger partial charge in [0.25, 0.3) is 0 Å². The van der Waals surface area contributed by atoms with E-state index in [1.807, 2.05) is 25.1 Å². The van der Waals surface area contributed by atoms with E-state index in [0.717, 1.165) is 12.3 Å². The van der Waals surface area contributed by atoms with Gasteiger partial charge in [-0.1, -0.05) is 6.07 Å². The van der Waals surface area contributed by atoms with Gasteiger partial charge < -0.3 is 19.5 Å². The highest BCUT2D eigenvalue weighted by molar-refractivity contribution is 5.69. The number of carbonyl (C=O) groups excluding carboxylic acids is 1. The number of hydrogen-bond donors (Lipinski definition) is 1. The first-order valence-electron chi connectivity index (χ1n) is 7.41. The van der Waals surface area contributed by atoms with Crippen LogP contribution < -0.4 is 14.8 Å². The maximum absolute atomic E-state index is 11.1. The fourth-order valence-corrected chi connectivity index (χ4v) is 1.95. The Kier molecular flexibility index (Phi) is 5.87. The molecule has 5 heteroatoms. The molecule has 5 nitrogen and oxygen atoms in total. The average molecular weight is 293 g/mol. The lowest BCUT2D eigenvalue weighted by molar-refractivity contribution is -0.141. The zero-order valence-corrected chi connectivity index (χ0v) is 12.7. The molecule has 0 amide bonds. The van der Waals surface area contributed by atoms with Crippen molar-refractivity contribution in [2.24, 2.45) is 0 Å². The number of esters is 1. The highest BCUT2D eigenvalue weighted by atomic mass is 16.5. The summed E-state index contributed by atoms with van der Waals surface area (Å²) in [4.78, 5) is 11.1. The topological polar surface area (TPSA) is 56.8 Å². The van der Waals surface area contributed by atoms with Crippen LogP contribution in [0.15, 0.2) is 18.2 Å². The van der Waals surface area contributed by atoms with Crippen molar-refractivity contribution in [3.63, 3.8) is 0 Å². The van der Waals surface area contributed by atoms with Gasteiger partial charge >= 0.3 is 5.97 Å². The lowest BCUT2D eigenvalue weighted by Crippen LogP contribution is -2.15. The van der Waals surface area contributed by atoms with Crippen LogP contribution in [0.5, 0.6) is 11.5 Å². The molecule has 1 fully saturated rings. The average Bonchev–Trinajstić information content (AvgIpc) is 3.31. The summed E-state index contributed by atoms with van der Waals surface area (Å²) in [6, 6.07) is 6.58. The third-order valence-corrected chi connectivity index (χ3v) is 3.27. The molecule has 0 unspecified atom stereocenters. The highest BCUT2D eigenvalue weighted by Gasteiger charge is 2.20. The minimum atomic E-state index is -0.279. The summed E-state index contributed by atoms with van der Waals surface area (Å²) in [6.07, 6.45) is 2.77. The van der Waals surface area contributed by atoms with Gasteiger partial charge in [-0.15, -0.1) is 0 Å². The van der Waals surface area contributed by atoms with E-state index in [9.17, 15) is 4.79 Å². The zero-order valence-electron chi connectivity index (χ0n) is 12.7. The number of rotatable bonds is 9. The summed E-state index contributed by atoms with van der Waals surface area (Å²) in [5.74, 6) is 1.10. The van der Waals surface area contributed by atoms with Crippen LogP contribution in [-0.2, 0) is 16.1 Å². The normalized spacial score (nSPS) is 13.8. The molecule has 21 heavy (non-hydrogen) atoms. The summed E-state index contributed by atoms with van der Waals surface area (Å²) in [7, 11) is 1.37. The molecule has 2 rings (SSSR count). The third kappa shape index (κ3) is 5.27. The molecular formula is C16H23NO4. The Balaban J connectivity index is 1.92. The monoisotopic (exact) mass is 293 g/mol. The maximum atomic E-state index is 11.1. The van der Waals surface area contributed by atoms with E-state index in [0.29, 0.717) is 18.4 Å². The molecule has 0 atom stereocenters. The van der Waals surface area contributed by atoms with E-state index < -0.39 is 0 Å². The predicted octanol–water partition coefficient (Wildman–Crippen LogP) is 2.28. The van der Waals surface area contributed by atoms with Crippen LogP contribution in [0.2, 0.25) is 0 Å². The first-order valence-corrected chi connectivity index (χ1v) is 7.41. The summed E-state index contributed by atoms with van der Waals surface area (Å²) in [5.41, 5.74) is 1.17. The highest BCUT2D eigenvalue weighted by Crippen LogP contribution is 2.29. The van der Waals surface area contributed by atoms with Crippen molar-refractivity contribution < 1.29 is 19.0 Å². The largest absolute Gasteiger partial charge is 0.490 e. The van der Waals surface area contributed by atoms with E-state index in [2.05, 4.69) is 10.1 Å². The van der Waals surface area contributed by atoms with E-state index in [1.165, 1.54) is 25.5 Å². The Labute approximate surface area is 125 Å². The fraction of sp³-hybridized carbons (Fsp3) is 0.562. The van der Waals surface area contributed by atoms with Crippen molar-refractivity contribution in [3.05, 3.63) is 23.8 Å². The molecule has 1 aliphatic rings. The zero-order chi connectivity index (χ0) is 15.1. The number of nitrogens with one attached hydrogen (secondary N) is 1. The van der Waals surface area contributed by atoms with Crippen LogP contribution in [0.3, 0.4) is 0 Å². The molecule has 0 bridgehead atoms. The van der Waals surface area contributed by atoms with Crippen LogP contribution in [-0.4, -0.2) is 32.3 Å². The number of methoxy groups -OCH3 is 1. The van der Waals surface area contributed by atoms with Crippen molar-refractivity contribution in [1.29, 1.82) is 0 Å². The first kappa shape index (κ1) is 15.6. The molecule has 1 aromatic carbocycles. The first-order chi connectivity index (χ1) is 10.2. The number of benzene rings is 1. The molecule has 0 heterocycles. The lowest BCUT2D eigenvalue weighted by Gasteiger charge is -2.13. The molecule has 1 N–H and O–H groups in total. The van der Waals surface area contributed by atoms with Gasteiger partial charge in [-0.25, -0.2) is 0 Å². The number of hydrogen-bond acceptors (Lipinski definition) is 5. The second kappa shape index (κ2) is 7.88. The lowest BCUT2D eigenvalue weighted by atomic mass is 10.2. The van der Waals surface area contributed by atoms with E-state index in [1.54, 1.807) is 0 Å². The molecule has 0 aromatic heterocycles. The van der Waals surface area contributed by atoms with Gasteiger partial charge in [0.2, 0.25) is 0 Å². The summed E-state index contributed by atoms with van der Waals surface area (Å²) in [5, 5.41) is 3.47. The van der Waals surface area contributed by atoms with Crippen LogP contribution in [0.4, 0.5) is 0 Å². The van der Waals surface area contributed by atoms with Gasteiger partial charge in [0.05, 0.1) is 26.7 Å². The molecule has 0 radical (unpaired) electrons. The smallest absolute Gasteiger partial charge is 0.308 e. The Morgan fingerprint density at radius 3 is 2.76 bits per heavy atom. The van der Waals surface area contributed by atoms with Gasteiger partial charge in [-0.05, 0) is 37.5 Å². The Hall–Kier alpha value is -1.75. The van der Waals surface area contributed by atoms with E-state index in [-0.39, 0.29) is 19.0 Å².